The lowest BCUT2D eigenvalue weighted by molar-refractivity contribution is -0.138. The number of alkyl halides is 6. The fourth-order valence-corrected chi connectivity index (χ4v) is 14.3. The minimum atomic E-state index is -4.57. The summed E-state index contributed by atoms with van der Waals surface area (Å²) < 4.78 is 90.3. The quantitative estimate of drug-likeness (QED) is 0.0897. The number of halogens is 6. The maximum atomic E-state index is 14.8. The van der Waals surface area contributed by atoms with Crippen LogP contribution in [0.4, 0.5) is 26.3 Å². The molecule has 0 saturated carbocycles. The first-order valence-corrected chi connectivity index (χ1v) is 21.9. The second kappa shape index (κ2) is 14.1. The average molecular weight is 831 g/mol. The highest BCUT2D eigenvalue weighted by molar-refractivity contribution is 7.19. The van der Waals surface area contributed by atoms with Gasteiger partial charge in [-0.1, -0.05) is 121 Å². The molecule has 0 amide bonds. The number of hydrogen-bond donors (Lipinski definition) is 0. The van der Waals surface area contributed by atoms with E-state index in [2.05, 4.69) is 48.5 Å². The van der Waals surface area contributed by atoms with Gasteiger partial charge in [-0.2, -0.15) is 26.3 Å². The van der Waals surface area contributed by atoms with Gasteiger partial charge < -0.3 is 9.13 Å². The first-order chi connectivity index (χ1) is 29.4. The zero-order valence-corrected chi connectivity index (χ0v) is 34.0. The van der Waals surface area contributed by atoms with Gasteiger partial charge in [0.2, 0.25) is 0 Å². The molecular formula is C52H36F6N2Si. The predicted octanol–water partition coefficient (Wildman–Crippen LogP) is 11.9. The van der Waals surface area contributed by atoms with Gasteiger partial charge in [-0.15, -0.1) is 0 Å². The van der Waals surface area contributed by atoms with E-state index in [9.17, 15) is 26.3 Å². The van der Waals surface area contributed by atoms with E-state index in [1.54, 1.807) is 18.4 Å². The van der Waals surface area contributed by atoms with E-state index >= 15 is 0 Å². The number of aromatic nitrogens is 2. The molecule has 0 atom stereocenters. The van der Waals surface area contributed by atoms with Crippen molar-refractivity contribution in [2.24, 2.45) is 0 Å². The zero-order chi connectivity index (χ0) is 42.3. The Morgan fingerprint density at radius 2 is 0.820 bits per heavy atom. The molecule has 2 heterocycles. The summed E-state index contributed by atoms with van der Waals surface area (Å²) in [5.41, 5.74) is 3.41. The summed E-state index contributed by atoms with van der Waals surface area (Å²) in [5.74, 6) is 0. The maximum absolute atomic E-state index is 14.8. The van der Waals surface area contributed by atoms with E-state index in [0.717, 1.165) is 42.7 Å². The number of rotatable bonds is 6. The van der Waals surface area contributed by atoms with Crippen LogP contribution in [-0.4, -0.2) is 17.2 Å². The molecule has 2 aromatic heterocycles. The highest BCUT2D eigenvalue weighted by Crippen LogP contribution is 2.42. The van der Waals surface area contributed by atoms with E-state index in [1.165, 1.54) is 18.2 Å². The number of benzene rings is 8. The first kappa shape index (κ1) is 38.4. The summed E-state index contributed by atoms with van der Waals surface area (Å²) in [4.78, 5) is 0. The van der Waals surface area contributed by atoms with Gasteiger partial charge in [-0.05, 0) is 106 Å². The Morgan fingerprint density at radius 3 is 1.30 bits per heavy atom. The lowest BCUT2D eigenvalue weighted by Gasteiger charge is -2.34. The molecule has 61 heavy (non-hydrogen) atoms. The molecule has 0 aliphatic rings. The van der Waals surface area contributed by atoms with E-state index < -0.39 is 31.6 Å². The molecule has 2 nitrogen and oxygen atoms in total. The zero-order valence-electron chi connectivity index (χ0n) is 33.0. The molecule has 0 aliphatic heterocycles. The van der Waals surface area contributed by atoms with Crippen LogP contribution in [0.15, 0.2) is 182 Å². The number of fused-ring (bicyclic) bond motifs is 6. The third kappa shape index (κ3) is 6.09. The van der Waals surface area contributed by atoms with Crippen LogP contribution in [0, 0.1) is 13.8 Å². The predicted molar refractivity (Wildman–Crippen MR) is 238 cm³/mol. The third-order valence-electron chi connectivity index (χ3n) is 12.0. The van der Waals surface area contributed by atoms with Crippen LogP contribution in [0.1, 0.15) is 22.3 Å². The summed E-state index contributed by atoms with van der Waals surface area (Å²) in [6, 6.07) is 57.4. The molecular weight excluding hydrogens is 795 g/mol. The number of aryl methyl sites for hydroxylation is 2. The lowest BCUT2D eigenvalue weighted by atomic mass is 10.0. The van der Waals surface area contributed by atoms with Gasteiger partial charge in [-0.3, -0.25) is 0 Å². The van der Waals surface area contributed by atoms with Crippen molar-refractivity contribution in [3.05, 3.63) is 204 Å². The van der Waals surface area contributed by atoms with Crippen molar-refractivity contribution in [2.75, 3.05) is 0 Å². The standard InChI is InChI=1S/C52H36F6N2Si/c1-33-29-44-42-17-9-12-20-48(42)60(50(44)46(30-33)52(56,57)58)37-23-27-41(28-24-37)61(38-13-5-3-6-14-38,39-15-7-4-8-16-39)40-25-21-36(22-26-40)59-47-19-11-10-18-43(47)45-32-35(51(53,54)55)31-34(2)49(45)59/h3-32H,1-2H3. The summed E-state index contributed by atoms with van der Waals surface area (Å²) >= 11 is 0. The summed E-state index contributed by atoms with van der Waals surface area (Å²) in [6.07, 6.45) is -9.06. The van der Waals surface area contributed by atoms with Crippen LogP contribution in [0.5, 0.6) is 0 Å². The van der Waals surface area contributed by atoms with Gasteiger partial charge in [0.15, 0.2) is 8.07 Å². The molecule has 0 saturated heterocycles. The molecule has 0 bridgehead atoms. The molecule has 8 aromatic carbocycles. The lowest BCUT2D eigenvalue weighted by Crippen LogP contribution is -2.74. The van der Waals surface area contributed by atoms with Crippen molar-refractivity contribution in [3.8, 4) is 11.4 Å². The van der Waals surface area contributed by atoms with Gasteiger partial charge in [0.05, 0.1) is 33.2 Å². The van der Waals surface area contributed by atoms with Crippen molar-refractivity contribution in [2.45, 2.75) is 26.2 Å². The summed E-state index contributed by atoms with van der Waals surface area (Å²) in [6.45, 7) is 3.41. The Hall–Kier alpha value is -6.84. The Kier molecular flexibility index (Phi) is 8.89. The Bertz CT molecular complexity index is 3230. The molecule has 10 rings (SSSR count). The molecule has 0 N–H and O–H groups in total. The Morgan fingerprint density at radius 1 is 0.393 bits per heavy atom. The van der Waals surface area contributed by atoms with Gasteiger partial charge in [0.25, 0.3) is 0 Å². The van der Waals surface area contributed by atoms with Crippen LogP contribution in [0.2, 0.25) is 0 Å². The second-order valence-electron chi connectivity index (χ2n) is 15.7. The minimum absolute atomic E-state index is 0.118. The van der Waals surface area contributed by atoms with E-state index in [4.69, 9.17) is 0 Å². The van der Waals surface area contributed by atoms with Crippen LogP contribution in [0.25, 0.3) is 55.0 Å². The van der Waals surface area contributed by atoms with Crippen LogP contribution < -0.4 is 20.7 Å². The molecule has 0 unspecified atom stereocenters. The van der Waals surface area contributed by atoms with E-state index in [0.29, 0.717) is 38.6 Å². The third-order valence-corrected chi connectivity index (χ3v) is 16.8. The van der Waals surface area contributed by atoms with Crippen LogP contribution in [0.3, 0.4) is 0 Å². The molecule has 0 fully saturated rings. The smallest absolute Gasteiger partial charge is 0.309 e. The second-order valence-corrected chi connectivity index (χ2v) is 19.5. The number of hydrogen-bond acceptors (Lipinski definition) is 0. The van der Waals surface area contributed by atoms with Crippen molar-refractivity contribution in [1.82, 2.24) is 9.13 Å². The Balaban J connectivity index is 1.19. The largest absolute Gasteiger partial charge is 0.418 e. The Labute approximate surface area is 348 Å². The number of nitrogens with zero attached hydrogens (tertiary/aromatic N) is 2. The molecule has 0 spiro atoms. The van der Waals surface area contributed by atoms with Crippen molar-refractivity contribution >= 4 is 72.4 Å². The van der Waals surface area contributed by atoms with Crippen molar-refractivity contribution < 1.29 is 26.3 Å². The minimum Gasteiger partial charge on any atom is -0.309 e. The molecule has 0 radical (unpaired) electrons. The van der Waals surface area contributed by atoms with Crippen LogP contribution >= 0.6 is 0 Å². The van der Waals surface area contributed by atoms with E-state index in [-0.39, 0.29) is 5.52 Å². The van der Waals surface area contributed by atoms with Gasteiger partial charge in [-0.25, -0.2) is 0 Å². The molecule has 9 heteroatoms. The fraction of sp³-hybridized carbons (Fsp3) is 0.0769. The first-order valence-electron chi connectivity index (χ1n) is 19.9. The monoisotopic (exact) mass is 830 g/mol. The van der Waals surface area contributed by atoms with E-state index in [1.807, 2.05) is 120 Å². The van der Waals surface area contributed by atoms with Gasteiger partial charge in [0.1, 0.15) is 0 Å². The molecule has 300 valence electrons. The van der Waals surface area contributed by atoms with Crippen molar-refractivity contribution in [3.63, 3.8) is 0 Å². The average Bonchev–Trinajstić information content (AvgIpc) is 3.78. The maximum Gasteiger partial charge on any atom is 0.418 e. The highest BCUT2D eigenvalue weighted by Gasteiger charge is 2.42. The van der Waals surface area contributed by atoms with Gasteiger partial charge >= 0.3 is 12.4 Å². The summed E-state index contributed by atoms with van der Waals surface area (Å²) in [5, 5.41) is 6.86. The highest BCUT2D eigenvalue weighted by atomic mass is 28.3. The van der Waals surface area contributed by atoms with Gasteiger partial charge in [0, 0.05) is 32.9 Å². The molecule has 0 aliphatic carbocycles. The SMILES string of the molecule is Cc1cc(C(F)(F)F)c2c(c1)c1ccccc1n2-c1ccc([Si](c2ccccc2)(c2ccccc2)c2ccc(-n3c4ccccc4c4cc(C(F)(F)F)cc(C)c43)cc2)cc1. The normalized spacial score (nSPS) is 12.6. The summed E-state index contributed by atoms with van der Waals surface area (Å²) in [7, 11) is -3.14. The van der Waals surface area contributed by atoms with Crippen molar-refractivity contribution in [1.29, 1.82) is 0 Å². The fourth-order valence-electron chi connectivity index (χ4n) is 9.55. The topological polar surface area (TPSA) is 9.86 Å². The number of para-hydroxylation sites is 2. The molecule has 10 aromatic rings. The van der Waals surface area contributed by atoms with Crippen LogP contribution in [-0.2, 0) is 12.4 Å².